The summed E-state index contributed by atoms with van der Waals surface area (Å²) in [6, 6.07) is 10.4. The van der Waals surface area contributed by atoms with Gasteiger partial charge in [-0.15, -0.1) is 0 Å². The van der Waals surface area contributed by atoms with E-state index < -0.39 is 5.54 Å². The van der Waals surface area contributed by atoms with Crippen LogP contribution in [-0.4, -0.2) is 79.6 Å². The highest BCUT2D eigenvalue weighted by atomic mass is 16.5. The van der Waals surface area contributed by atoms with E-state index in [2.05, 4.69) is 28.0 Å². The van der Waals surface area contributed by atoms with E-state index in [9.17, 15) is 4.79 Å². The number of piperazine rings is 1. The summed E-state index contributed by atoms with van der Waals surface area (Å²) in [4.78, 5) is 18.5. The minimum absolute atomic E-state index is 0.00299. The minimum atomic E-state index is -0.767. The van der Waals surface area contributed by atoms with E-state index >= 15 is 0 Å². The fraction of sp³-hybridized carbons (Fsp3) is 0.600. The molecule has 0 atom stereocenters. The average Bonchev–Trinajstić information content (AvgIpc) is 2.67. The van der Waals surface area contributed by atoms with Crippen LogP contribution in [0.2, 0.25) is 0 Å². The molecule has 0 saturated carbocycles. The second-order valence-corrected chi connectivity index (χ2v) is 7.34. The van der Waals surface area contributed by atoms with Crippen LogP contribution in [-0.2, 0) is 11.2 Å². The molecule has 2 rings (SSSR count). The van der Waals surface area contributed by atoms with Crippen LogP contribution in [0.25, 0.3) is 0 Å². The second kappa shape index (κ2) is 9.02. The first-order valence-electron chi connectivity index (χ1n) is 9.11. The predicted molar refractivity (Wildman–Crippen MR) is 102 cm³/mol. The molecular weight excluding hydrogens is 328 g/mol. The lowest BCUT2D eigenvalue weighted by atomic mass is 10.1. The summed E-state index contributed by atoms with van der Waals surface area (Å²) in [6.45, 7) is 8.64. The number of likely N-dealkylation sites (N-methyl/N-ethyl adjacent to an activating group) is 1. The van der Waals surface area contributed by atoms with Gasteiger partial charge < -0.3 is 14.5 Å². The van der Waals surface area contributed by atoms with Gasteiger partial charge in [0.05, 0.1) is 19.7 Å². The Morgan fingerprint density at radius 3 is 2.31 bits per heavy atom. The molecule has 1 aliphatic rings. The van der Waals surface area contributed by atoms with Gasteiger partial charge in [-0.3, -0.25) is 9.69 Å². The SMILES string of the molecule is COc1ccc(CCN2CCN(CC(=O)N(C)C(C)(C)C#N)CC2)cc1. The van der Waals surface area contributed by atoms with E-state index in [-0.39, 0.29) is 5.91 Å². The summed E-state index contributed by atoms with van der Waals surface area (Å²) in [6.07, 6.45) is 1.02. The van der Waals surface area contributed by atoms with Crippen LogP contribution < -0.4 is 4.74 Å². The van der Waals surface area contributed by atoms with Gasteiger partial charge in [0.2, 0.25) is 5.91 Å². The summed E-state index contributed by atoms with van der Waals surface area (Å²) >= 11 is 0. The Morgan fingerprint density at radius 2 is 1.77 bits per heavy atom. The Morgan fingerprint density at radius 1 is 1.19 bits per heavy atom. The lowest BCUT2D eigenvalue weighted by Gasteiger charge is -2.36. The molecule has 6 nitrogen and oxygen atoms in total. The van der Waals surface area contributed by atoms with E-state index in [1.807, 2.05) is 12.1 Å². The van der Waals surface area contributed by atoms with Crippen LogP contribution in [0.3, 0.4) is 0 Å². The summed E-state index contributed by atoms with van der Waals surface area (Å²) in [7, 11) is 3.38. The summed E-state index contributed by atoms with van der Waals surface area (Å²) in [5.74, 6) is 0.889. The topological polar surface area (TPSA) is 59.8 Å². The Labute approximate surface area is 156 Å². The highest BCUT2D eigenvalue weighted by Crippen LogP contribution is 2.14. The first-order chi connectivity index (χ1) is 12.4. The first-order valence-corrected chi connectivity index (χ1v) is 9.11. The third kappa shape index (κ3) is 5.45. The maximum absolute atomic E-state index is 12.4. The van der Waals surface area contributed by atoms with Crippen molar-refractivity contribution in [1.29, 1.82) is 5.26 Å². The molecule has 1 aromatic rings. The average molecular weight is 358 g/mol. The summed E-state index contributed by atoms with van der Waals surface area (Å²) < 4.78 is 5.19. The van der Waals surface area contributed by atoms with E-state index in [0.29, 0.717) is 6.54 Å². The fourth-order valence-electron chi connectivity index (χ4n) is 2.93. The number of benzene rings is 1. The molecule has 0 aliphatic carbocycles. The highest BCUT2D eigenvalue weighted by molar-refractivity contribution is 5.79. The number of carbonyl (C=O) groups is 1. The van der Waals surface area contributed by atoms with Crippen molar-refractivity contribution in [2.45, 2.75) is 25.8 Å². The molecule has 142 valence electrons. The number of ether oxygens (including phenoxy) is 1. The molecule has 1 amide bonds. The lowest BCUT2D eigenvalue weighted by molar-refractivity contribution is -0.134. The first kappa shape index (κ1) is 20.2. The zero-order chi connectivity index (χ0) is 19.2. The number of nitrogens with zero attached hydrogens (tertiary/aromatic N) is 4. The van der Waals surface area contributed by atoms with Gasteiger partial charge >= 0.3 is 0 Å². The van der Waals surface area contributed by atoms with Crippen molar-refractivity contribution >= 4 is 5.91 Å². The monoisotopic (exact) mass is 358 g/mol. The molecule has 1 aliphatic heterocycles. The number of rotatable bonds is 7. The number of amides is 1. The van der Waals surface area contributed by atoms with Gasteiger partial charge in [0.15, 0.2) is 0 Å². The number of hydrogen-bond donors (Lipinski definition) is 0. The predicted octanol–water partition coefficient (Wildman–Crippen LogP) is 1.62. The van der Waals surface area contributed by atoms with Gasteiger partial charge in [-0.2, -0.15) is 5.26 Å². The third-order valence-electron chi connectivity index (χ3n) is 5.19. The largest absolute Gasteiger partial charge is 0.497 e. The van der Waals surface area contributed by atoms with E-state index in [1.54, 1.807) is 32.9 Å². The molecule has 1 saturated heterocycles. The van der Waals surface area contributed by atoms with Crippen molar-refractivity contribution in [3.63, 3.8) is 0 Å². The lowest BCUT2D eigenvalue weighted by Crippen LogP contribution is -2.52. The molecule has 0 radical (unpaired) electrons. The van der Waals surface area contributed by atoms with Crippen molar-refractivity contribution < 1.29 is 9.53 Å². The number of hydrogen-bond acceptors (Lipinski definition) is 5. The minimum Gasteiger partial charge on any atom is -0.497 e. The second-order valence-electron chi connectivity index (χ2n) is 7.34. The molecule has 0 unspecified atom stereocenters. The van der Waals surface area contributed by atoms with Gasteiger partial charge in [-0.1, -0.05) is 12.1 Å². The molecule has 1 aromatic carbocycles. The van der Waals surface area contributed by atoms with Crippen LogP contribution in [0.4, 0.5) is 0 Å². The van der Waals surface area contributed by atoms with Crippen molar-refractivity contribution in [3.05, 3.63) is 29.8 Å². The molecule has 0 aromatic heterocycles. The number of nitriles is 1. The number of carbonyl (C=O) groups excluding carboxylic acids is 1. The van der Waals surface area contributed by atoms with Crippen LogP contribution in [0.1, 0.15) is 19.4 Å². The molecular formula is C20H30N4O2. The van der Waals surface area contributed by atoms with Crippen molar-refractivity contribution in [1.82, 2.24) is 14.7 Å². The van der Waals surface area contributed by atoms with E-state index in [4.69, 9.17) is 10.00 Å². The normalized spacial score (nSPS) is 16.1. The van der Waals surface area contributed by atoms with Gasteiger partial charge in [-0.25, -0.2) is 0 Å². The van der Waals surface area contributed by atoms with Crippen molar-refractivity contribution in [2.75, 3.05) is 53.4 Å². The van der Waals surface area contributed by atoms with Crippen LogP contribution in [0.15, 0.2) is 24.3 Å². The fourth-order valence-corrected chi connectivity index (χ4v) is 2.93. The number of methoxy groups -OCH3 is 1. The molecule has 1 fully saturated rings. The highest BCUT2D eigenvalue weighted by Gasteiger charge is 2.29. The third-order valence-corrected chi connectivity index (χ3v) is 5.19. The molecule has 0 spiro atoms. The smallest absolute Gasteiger partial charge is 0.237 e. The molecule has 26 heavy (non-hydrogen) atoms. The molecule has 0 bridgehead atoms. The van der Waals surface area contributed by atoms with Gasteiger partial charge in [-0.05, 0) is 38.0 Å². The maximum Gasteiger partial charge on any atom is 0.237 e. The van der Waals surface area contributed by atoms with Crippen LogP contribution in [0, 0.1) is 11.3 Å². The van der Waals surface area contributed by atoms with Crippen LogP contribution >= 0.6 is 0 Å². The zero-order valence-corrected chi connectivity index (χ0v) is 16.4. The van der Waals surface area contributed by atoms with Crippen LogP contribution in [0.5, 0.6) is 5.75 Å². The van der Waals surface area contributed by atoms with Crippen molar-refractivity contribution in [2.24, 2.45) is 0 Å². The molecule has 1 heterocycles. The molecule has 0 N–H and O–H groups in total. The zero-order valence-electron chi connectivity index (χ0n) is 16.4. The Kier molecular flexibility index (Phi) is 7.01. The summed E-state index contributed by atoms with van der Waals surface area (Å²) in [5.41, 5.74) is 0.542. The Bertz CT molecular complexity index is 628. The van der Waals surface area contributed by atoms with E-state index in [1.165, 1.54) is 5.56 Å². The Hall–Kier alpha value is -2.10. The van der Waals surface area contributed by atoms with Gasteiger partial charge in [0, 0.05) is 39.8 Å². The standard InChI is InChI=1S/C20H30N4O2/c1-20(2,16-21)22(3)19(25)15-24-13-11-23(12-14-24)10-9-17-5-7-18(26-4)8-6-17/h5-8H,9-15H2,1-4H3. The Balaban J connectivity index is 1.73. The molecule has 6 heteroatoms. The van der Waals surface area contributed by atoms with Gasteiger partial charge in [0.1, 0.15) is 11.3 Å². The summed E-state index contributed by atoms with van der Waals surface area (Å²) in [5, 5.41) is 9.17. The quantitative estimate of drug-likeness (QED) is 0.741. The van der Waals surface area contributed by atoms with Gasteiger partial charge in [0.25, 0.3) is 0 Å². The van der Waals surface area contributed by atoms with E-state index in [0.717, 1.165) is 44.9 Å². The maximum atomic E-state index is 12.4. The van der Waals surface area contributed by atoms with Crippen molar-refractivity contribution in [3.8, 4) is 11.8 Å².